The van der Waals surface area contributed by atoms with Crippen LogP contribution in [-0.2, 0) is 14.6 Å². The van der Waals surface area contributed by atoms with E-state index < -0.39 is 15.2 Å². The highest BCUT2D eigenvalue weighted by Gasteiger charge is 2.30. The van der Waals surface area contributed by atoms with E-state index in [1.807, 2.05) is 4.90 Å². The standard InChI is InChI=1S/C8H16N2O3S2/c1-15(12,13)8-6-14-5-4-10(8)3-2-7(9)11/h8H,2-6H2,1H3,(H2,9,11). The number of sulfone groups is 1. The number of thioether (sulfide) groups is 1. The topological polar surface area (TPSA) is 80.5 Å². The molecule has 0 radical (unpaired) electrons. The lowest BCUT2D eigenvalue weighted by Gasteiger charge is -2.33. The molecule has 0 bridgehead atoms. The van der Waals surface area contributed by atoms with Crippen LogP contribution in [0, 0.1) is 0 Å². The van der Waals surface area contributed by atoms with Crippen molar-refractivity contribution >= 4 is 27.5 Å². The van der Waals surface area contributed by atoms with Gasteiger partial charge in [-0.2, -0.15) is 11.8 Å². The van der Waals surface area contributed by atoms with E-state index in [0.717, 1.165) is 5.75 Å². The summed E-state index contributed by atoms with van der Waals surface area (Å²) in [6.07, 6.45) is 1.46. The lowest BCUT2D eigenvalue weighted by atomic mass is 10.3. The molecule has 1 aliphatic rings. The van der Waals surface area contributed by atoms with Crippen molar-refractivity contribution in [1.29, 1.82) is 0 Å². The van der Waals surface area contributed by atoms with Crippen LogP contribution in [0.3, 0.4) is 0 Å². The third kappa shape index (κ3) is 4.00. The summed E-state index contributed by atoms with van der Waals surface area (Å²) in [7, 11) is -3.07. The van der Waals surface area contributed by atoms with Crippen LogP contribution in [-0.4, -0.2) is 55.4 Å². The van der Waals surface area contributed by atoms with Crippen molar-refractivity contribution in [3.8, 4) is 0 Å². The maximum Gasteiger partial charge on any atom is 0.218 e. The summed E-state index contributed by atoms with van der Waals surface area (Å²) >= 11 is 1.63. The van der Waals surface area contributed by atoms with Gasteiger partial charge in [0.1, 0.15) is 5.37 Å². The molecule has 1 heterocycles. The highest BCUT2D eigenvalue weighted by Crippen LogP contribution is 2.20. The monoisotopic (exact) mass is 252 g/mol. The fourth-order valence-electron chi connectivity index (χ4n) is 1.52. The second kappa shape index (κ2) is 5.18. The number of hydrogen-bond donors (Lipinski definition) is 1. The van der Waals surface area contributed by atoms with Gasteiger partial charge in [0.05, 0.1) is 0 Å². The van der Waals surface area contributed by atoms with Crippen molar-refractivity contribution < 1.29 is 13.2 Å². The molecule has 1 unspecified atom stereocenters. The minimum atomic E-state index is -3.07. The summed E-state index contributed by atoms with van der Waals surface area (Å²) < 4.78 is 22.9. The molecular weight excluding hydrogens is 236 g/mol. The summed E-state index contributed by atoms with van der Waals surface area (Å²) in [4.78, 5) is 12.5. The van der Waals surface area contributed by atoms with E-state index >= 15 is 0 Å². The fraction of sp³-hybridized carbons (Fsp3) is 0.875. The fourth-order valence-corrected chi connectivity index (χ4v) is 4.49. The van der Waals surface area contributed by atoms with Crippen LogP contribution in [0.1, 0.15) is 6.42 Å². The van der Waals surface area contributed by atoms with E-state index in [0.29, 0.717) is 18.8 Å². The Kier molecular flexibility index (Phi) is 4.42. The lowest BCUT2D eigenvalue weighted by molar-refractivity contribution is -0.118. The van der Waals surface area contributed by atoms with Crippen LogP contribution in [0.25, 0.3) is 0 Å². The van der Waals surface area contributed by atoms with Gasteiger partial charge in [0, 0.05) is 37.3 Å². The quantitative estimate of drug-likeness (QED) is 0.714. The first-order valence-electron chi connectivity index (χ1n) is 4.70. The van der Waals surface area contributed by atoms with Crippen molar-refractivity contribution in [2.24, 2.45) is 5.73 Å². The zero-order valence-electron chi connectivity index (χ0n) is 8.68. The van der Waals surface area contributed by atoms with Crippen LogP contribution < -0.4 is 5.73 Å². The molecule has 1 aliphatic heterocycles. The van der Waals surface area contributed by atoms with Gasteiger partial charge in [-0.05, 0) is 0 Å². The normalized spacial score (nSPS) is 23.9. The average molecular weight is 252 g/mol. The van der Waals surface area contributed by atoms with E-state index in [4.69, 9.17) is 5.73 Å². The van der Waals surface area contributed by atoms with E-state index in [1.54, 1.807) is 11.8 Å². The van der Waals surface area contributed by atoms with Crippen LogP contribution in [0.2, 0.25) is 0 Å². The Labute approximate surface area is 94.3 Å². The Morgan fingerprint density at radius 1 is 1.60 bits per heavy atom. The molecule has 0 saturated carbocycles. The lowest BCUT2D eigenvalue weighted by Crippen LogP contribution is -2.47. The molecule has 5 nitrogen and oxygen atoms in total. The molecule has 1 saturated heterocycles. The minimum absolute atomic E-state index is 0.219. The molecule has 0 aliphatic carbocycles. The summed E-state index contributed by atoms with van der Waals surface area (Å²) in [6, 6.07) is 0. The molecule has 0 aromatic heterocycles. The van der Waals surface area contributed by atoms with Crippen LogP contribution in [0.4, 0.5) is 0 Å². The Hall–Kier alpha value is -0.270. The molecule has 1 atom stereocenters. The van der Waals surface area contributed by atoms with Gasteiger partial charge < -0.3 is 5.73 Å². The van der Waals surface area contributed by atoms with Gasteiger partial charge in [-0.1, -0.05) is 0 Å². The van der Waals surface area contributed by atoms with Gasteiger partial charge in [-0.25, -0.2) is 8.42 Å². The summed E-state index contributed by atoms with van der Waals surface area (Å²) in [5.74, 6) is 1.10. The van der Waals surface area contributed by atoms with Crippen molar-refractivity contribution in [2.75, 3.05) is 30.9 Å². The Morgan fingerprint density at radius 3 is 2.80 bits per heavy atom. The van der Waals surface area contributed by atoms with Gasteiger partial charge in [0.25, 0.3) is 0 Å². The van der Waals surface area contributed by atoms with Gasteiger partial charge in [-0.3, -0.25) is 9.69 Å². The third-order valence-electron chi connectivity index (χ3n) is 2.33. The number of primary amides is 1. The molecule has 7 heteroatoms. The molecule has 15 heavy (non-hydrogen) atoms. The number of amides is 1. The maximum absolute atomic E-state index is 11.5. The highest BCUT2D eigenvalue weighted by atomic mass is 32.2. The van der Waals surface area contributed by atoms with Crippen LogP contribution >= 0.6 is 11.8 Å². The van der Waals surface area contributed by atoms with Crippen molar-refractivity contribution in [3.63, 3.8) is 0 Å². The SMILES string of the molecule is CS(=O)(=O)C1CSCCN1CCC(N)=O. The smallest absolute Gasteiger partial charge is 0.218 e. The third-order valence-corrected chi connectivity index (χ3v) is 5.02. The van der Waals surface area contributed by atoms with Crippen molar-refractivity contribution in [3.05, 3.63) is 0 Å². The average Bonchev–Trinajstić information content (AvgIpc) is 2.13. The van der Waals surface area contributed by atoms with Gasteiger partial charge in [-0.15, -0.1) is 0 Å². The minimum Gasteiger partial charge on any atom is -0.370 e. The summed E-state index contributed by atoms with van der Waals surface area (Å²) in [6.45, 7) is 1.14. The molecule has 88 valence electrons. The van der Waals surface area contributed by atoms with Crippen molar-refractivity contribution in [1.82, 2.24) is 4.90 Å². The molecule has 0 aromatic carbocycles. The number of carbonyl (C=O) groups excluding carboxylic acids is 1. The Bertz CT molecular complexity index is 329. The van der Waals surface area contributed by atoms with Gasteiger partial charge in [0.15, 0.2) is 9.84 Å². The number of hydrogen-bond acceptors (Lipinski definition) is 5. The first-order valence-corrected chi connectivity index (χ1v) is 7.81. The largest absolute Gasteiger partial charge is 0.370 e. The number of carbonyl (C=O) groups is 1. The van der Waals surface area contributed by atoms with Crippen LogP contribution in [0.5, 0.6) is 0 Å². The summed E-state index contributed by atoms with van der Waals surface area (Å²) in [5, 5.41) is -0.462. The molecule has 2 N–H and O–H groups in total. The Morgan fingerprint density at radius 2 is 2.27 bits per heavy atom. The number of rotatable bonds is 4. The maximum atomic E-state index is 11.5. The predicted molar refractivity (Wildman–Crippen MR) is 61.3 cm³/mol. The Balaban J connectivity index is 2.62. The van der Waals surface area contributed by atoms with E-state index in [2.05, 4.69) is 0 Å². The molecule has 1 rings (SSSR count). The molecule has 0 spiro atoms. The molecule has 0 aromatic rings. The molecule has 1 amide bonds. The predicted octanol–water partition coefficient (Wildman–Crippen LogP) is -0.719. The van der Waals surface area contributed by atoms with E-state index in [1.165, 1.54) is 6.26 Å². The first-order chi connectivity index (χ1) is 6.91. The van der Waals surface area contributed by atoms with Gasteiger partial charge in [0.2, 0.25) is 5.91 Å². The second-order valence-electron chi connectivity index (χ2n) is 3.61. The number of nitrogens with zero attached hydrogens (tertiary/aromatic N) is 1. The number of nitrogens with two attached hydrogens (primary N) is 1. The highest BCUT2D eigenvalue weighted by molar-refractivity contribution is 8.00. The second-order valence-corrected chi connectivity index (χ2v) is 6.96. The van der Waals surface area contributed by atoms with E-state index in [9.17, 15) is 13.2 Å². The zero-order valence-corrected chi connectivity index (χ0v) is 10.3. The summed E-state index contributed by atoms with van der Waals surface area (Å²) in [5.41, 5.74) is 5.04. The van der Waals surface area contributed by atoms with Crippen LogP contribution in [0.15, 0.2) is 0 Å². The molecule has 1 fully saturated rings. The first kappa shape index (κ1) is 12.8. The van der Waals surface area contributed by atoms with Gasteiger partial charge >= 0.3 is 0 Å². The van der Waals surface area contributed by atoms with Crippen molar-refractivity contribution in [2.45, 2.75) is 11.8 Å². The zero-order chi connectivity index (χ0) is 11.5. The van der Waals surface area contributed by atoms with E-state index in [-0.39, 0.29) is 12.3 Å². The molecular formula is C8H16N2O3S2.